The summed E-state index contributed by atoms with van der Waals surface area (Å²) in [6.07, 6.45) is -2.32. The van der Waals surface area contributed by atoms with E-state index < -0.39 is 36.0 Å². The number of rotatable bonds is 7. The molecule has 0 spiro atoms. The number of ether oxygens (including phenoxy) is 2. The van der Waals surface area contributed by atoms with E-state index in [1.54, 1.807) is 0 Å². The maximum atomic E-state index is 11.3. The Morgan fingerprint density at radius 1 is 1.16 bits per heavy atom. The molecule has 1 aliphatic rings. The third-order valence-electron chi connectivity index (χ3n) is 3.32. The minimum Gasteiger partial charge on any atom is -0.481 e. The molecule has 1 saturated carbocycles. The smallest absolute Gasteiger partial charge is 0.310 e. The second-order valence-corrected chi connectivity index (χ2v) is 4.44. The number of hydrogen-bond acceptors (Lipinski definition) is 6. The zero-order valence-electron chi connectivity index (χ0n) is 9.98. The van der Waals surface area contributed by atoms with Gasteiger partial charge in [-0.3, -0.25) is 19.2 Å². The number of carbonyl (C=O) groups excluding carboxylic acids is 2. The average molecular weight is 274 g/mol. The largest absolute Gasteiger partial charge is 0.481 e. The second-order valence-electron chi connectivity index (χ2n) is 4.44. The van der Waals surface area contributed by atoms with E-state index in [2.05, 4.69) is 0 Å². The maximum Gasteiger partial charge on any atom is 0.310 e. The lowest BCUT2D eigenvalue weighted by molar-refractivity contribution is -0.174. The van der Waals surface area contributed by atoms with Gasteiger partial charge < -0.3 is 19.7 Å². The number of carboxylic acids is 2. The van der Waals surface area contributed by atoms with Crippen LogP contribution in [0, 0.1) is 5.41 Å². The molecule has 1 aliphatic carbocycles. The molecule has 0 radical (unpaired) electrons. The van der Waals surface area contributed by atoms with Crippen molar-refractivity contribution in [2.24, 2.45) is 5.41 Å². The van der Waals surface area contributed by atoms with Crippen molar-refractivity contribution in [1.82, 2.24) is 0 Å². The molecule has 8 nitrogen and oxygen atoms in total. The van der Waals surface area contributed by atoms with Crippen LogP contribution < -0.4 is 0 Å². The highest BCUT2D eigenvalue weighted by atomic mass is 16.6. The SMILES string of the molecule is O=COC1CCC(CC(=O)O)(C(=O)O)CC1OC=O. The average Bonchev–Trinajstić information content (AvgIpc) is 2.32. The molecule has 0 aromatic carbocycles. The first-order valence-electron chi connectivity index (χ1n) is 5.58. The van der Waals surface area contributed by atoms with Crippen LogP contribution in [0.4, 0.5) is 0 Å². The molecule has 19 heavy (non-hydrogen) atoms. The van der Waals surface area contributed by atoms with E-state index >= 15 is 0 Å². The topological polar surface area (TPSA) is 127 Å². The third-order valence-corrected chi connectivity index (χ3v) is 3.32. The normalized spacial score (nSPS) is 30.1. The van der Waals surface area contributed by atoms with Gasteiger partial charge in [0.25, 0.3) is 12.9 Å². The zero-order chi connectivity index (χ0) is 14.5. The lowest BCUT2D eigenvalue weighted by Crippen LogP contribution is -2.47. The highest BCUT2D eigenvalue weighted by molar-refractivity contribution is 5.81. The predicted molar refractivity (Wildman–Crippen MR) is 58.0 cm³/mol. The molecule has 0 heterocycles. The molecule has 1 fully saturated rings. The maximum absolute atomic E-state index is 11.3. The molecular weight excluding hydrogens is 260 g/mol. The number of carboxylic acid groups (broad SMARTS) is 2. The summed E-state index contributed by atoms with van der Waals surface area (Å²) in [5.41, 5.74) is -1.51. The minimum absolute atomic E-state index is 0.0336. The van der Waals surface area contributed by atoms with Crippen molar-refractivity contribution in [3.05, 3.63) is 0 Å². The highest BCUT2D eigenvalue weighted by Crippen LogP contribution is 2.41. The predicted octanol–water partition coefficient (Wildman–Crippen LogP) is -0.201. The molecule has 0 aromatic rings. The first kappa shape index (κ1) is 14.9. The van der Waals surface area contributed by atoms with E-state index in [0.717, 1.165) is 0 Å². The van der Waals surface area contributed by atoms with Gasteiger partial charge in [-0.15, -0.1) is 0 Å². The first-order chi connectivity index (χ1) is 8.95. The Morgan fingerprint density at radius 3 is 2.21 bits per heavy atom. The summed E-state index contributed by atoms with van der Waals surface area (Å²) < 4.78 is 9.44. The van der Waals surface area contributed by atoms with Crippen LogP contribution in [0.2, 0.25) is 0 Å². The fourth-order valence-electron chi connectivity index (χ4n) is 2.38. The summed E-state index contributed by atoms with van der Waals surface area (Å²) in [5.74, 6) is -2.51. The van der Waals surface area contributed by atoms with Gasteiger partial charge in [0.05, 0.1) is 11.8 Å². The van der Waals surface area contributed by atoms with Gasteiger partial charge in [-0.05, 0) is 12.8 Å². The summed E-state index contributed by atoms with van der Waals surface area (Å²) in [7, 11) is 0. The van der Waals surface area contributed by atoms with Gasteiger partial charge in [0.2, 0.25) is 0 Å². The van der Waals surface area contributed by atoms with E-state index in [9.17, 15) is 24.3 Å². The Hall–Kier alpha value is -2.12. The van der Waals surface area contributed by atoms with Gasteiger partial charge in [0.1, 0.15) is 12.2 Å². The molecule has 0 saturated heterocycles. The van der Waals surface area contributed by atoms with Gasteiger partial charge in [-0.1, -0.05) is 0 Å². The molecule has 3 unspecified atom stereocenters. The summed E-state index contributed by atoms with van der Waals surface area (Å²) in [6.45, 7) is 0.321. The van der Waals surface area contributed by atoms with E-state index in [4.69, 9.17) is 14.6 Å². The Labute approximate surface area is 108 Å². The molecule has 0 bridgehead atoms. The molecular formula is C11H14O8. The van der Waals surface area contributed by atoms with Crippen molar-refractivity contribution >= 4 is 24.9 Å². The Bertz CT molecular complexity index is 379. The van der Waals surface area contributed by atoms with Crippen LogP contribution in [0.5, 0.6) is 0 Å². The fourth-order valence-corrected chi connectivity index (χ4v) is 2.38. The van der Waals surface area contributed by atoms with E-state index in [1.807, 2.05) is 0 Å². The molecule has 1 rings (SSSR count). The van der Waals surface area contributed by atoms with E-state index in [1.165, 1.54) is 0 Å². The second kappa shape index (κ2) is 6.17. The molecule has 0 amide bonds. The van der Waals surface area contributed by atoms with Crippen LogP contribution in [0.1, 0.15) is 25.7 Å². The van der Waals surface area contributed by atoms with E-state index in [-0.39, 0.29) is 32.2 Å². The van der Waals surface area contributed by atoms with Crippen LogP contribution in [0.25, 0.3) is 0 Å². The highest BCUT2D eigenvalue weighted by Gasteiger charge is 2.49. The van der Waals surface area contributed by atoms with Crippen LogP contribution in [0.15, 0.2) is 0 Å². The number of aliphatic carboxylic acids is 2. The van der Waals surface area contributed by atoms with Crippen LogP contribution >= 0.6 is 0 Å². The zero-order valence-corrected chi connectivity index (χ0v) is 9.98. The van der Waals surface area contributed by atoms with Crippen molar-refractivity contribution in [2.75, 3.05) is 0 Å². The summed E-state index contributed by atoms with van der Waals surface area (Å²) in [5, 5.41) is 18.0. The molecule has 0 aromatic heterocycles. The van der Waals surface area contributed by atoms with Crippen molar-refractivity contribution in [2.45, 2.75) is 37.9 Å². The van der Waals surface area contributed by atoms with Crippen LogP contribution in [0.3, 0.4) is 0 Å². The Kier molecular flexibility index (Phi) is 4.85. The molecule has 0 aliphatic heterocycles. The molecule has 106 valence electrons. The van der Waals surface area contributed by atoms with Gasteiger partial charge in [-0.25, -0.2) is 0 Å². The Morgan fingerprint density at radius 2 is 1.74 bits per heavy atom. The quantitative estimate of drug-likeness (QED) is 0.611. The van der Waals surface area contributed by atoms with Gasteiger partial charge >= 0.3 is 11.9 Å². The van der Waals surface area contributed by atoms with Crippen molar-refractivity contribution in [3.63, 3.8) is 0 Å². The Balaban J connectivity index is 2.92. The molecule has 2 N–H and O–H groups in total. The van der Waals surface area contributed by atoms with Crippen LogP contribution in [-0.2, 0) is 28.7 Å². The van der Waals surface area contributed by atoms with E-state index in [0.29, 0.717) is 0 Å². The summed E-state index contributed by atoms with van der Waals surface area (Å²) in [6, 6.07) is 0. The lowest BCUT2D eigenvalue weighted by atomic mass is 9.69. The number of hydrogen-bond donors (Lipinski definition) is 2. The van der Waals surface area contributed by atoms with Gasteiger partial charge in [-0.2, -0.15) is 0 Å². The van der Waals surface area contributed by atoms with Crippen molar-refractivity contribution < 1.29 is 38.9 Å². The van der Waals surface area contributed by atoms with Crippen LogP contribution in [-0.4, -0.2) is 47.3 Å². The summed E-state index contributed by atoms with van der Waals surface area (Å²) in [4.78, 5) is 42.8. The number of carbonyl (C=O) groups is 4. The molecule has 3 atom stereocenters. The fraction of sp³-hybridized carbons (Fsp3) is 0.636. The standard InChI is InChI=1S/C11H14O8/c12-5-18-7-1-2-11(10(16)17,4-9(14)15)3-8(7)19-6-13/h5-8H,1-4H2,(H,14,15)(H,16,17). The van der Waals surface area contributed by atoms with Crippen molar-refractivity contribution in [1.29, 1.82) is 0 Å². The third kappa shape index (κ3) is 3.43. The van der Waals surface area contributed by atoms with Crippen molar-refractivity contribution in [3.8, 4) is 0 Å². The monoisotopic (exact) mass is 274 g/mol. The minimum atomic E-state index is -1.51. The first-order valence-corrected chi connectivity index (χ1v) is 5.58. The lowest BCUT2D eigenvalue weighted by Gasteiger charge is -2.39. The van der Waals surface area contributed by atoms with Gasteiger partial charge in [0, 0.05) is 6.42 Å². The summed E-state index contributed by atoms with van der Waals surface area (Å²) >= 11 is 0. The van der Waals surface area contributed by atoms with Gasteiger partial charge in [0.15, 0.2) is 0 Å². The molecule has 8 heteroatoms.